The highest BCUT2D eigenvalue weighted by Crippen LogP contribution is 2.35. The van der Waals surface area contributed by atoms with Crippen LogP contribution in [0, 0.1) is 11.8 Å². The Balaban J connectivity index is 2.13. The molecular formula is C17H29BrN2S. The average molecular weight is 373 g/mol. The number of thiophene rings is 1. The molecule has 2 heterocycles. The highest BCUT2D eigenvalue weighted by molar-refractivity contribution is 9.11. The van der Waals surface area contributed by atoms with Gasteiger partial charge < -0.3 is 5.73 Å². The first-order valence-corrected chi connectivity index (χ1v) is 9.88. The zero-order chi connectivity index (χ0) is 15.4. The Bertz CT molecular complexity index is 432. The highest BCUT2D eigenvalue weighted by Gasteiger charge is 2.29. The van der Waals surface area contributed by atoms with Gasteiger partial charge in [0, 0.05) is 10.9 Å². The molecule has 4 heteroatoms. The van der Waals surface area contributed by atoms with Crippen LogP contribution in [0.3, 0.4) is 0 Å². The SMILES string of the molecule is CCC(N)C(c1ccc(Br)s1)N1CCCC(C(C)C)CC1. The zero-order valence-corrected chi connectivity index (χ0v) is 15.9. The molecular weight excluding hydrogens is 344 g/mol. The van der Waals surface area contributed by atoms with Crippen LogP contribution in [0.5, 0.6) is 0 Å². The molecule has 21 heavy (non-hydrogen) atoms. The average Bonchev–Trinajstić information content (AvgIpc) is 2.73. The lowest BCUT2D eigenvalue weighted by Gasteiger charge is -2.34. The first-order chi connectivity index (χ1) is 10.0. The maximum Gasteiger partial charge on any atom is 0.0702 e. The van der Waals surface area contributed by atoms with Crippen molar-refractivity contribution in [2.24, 2.45) is 17.6 Å². The van der Waals surface area contributed by atoms with Crippen molar-refractivity contribution < 1.29 is 0 Å². The Hall–Kier alpha value is 0.1000. The van der Waals surface area contributed by atoms with E-state index >= 15 is 0 Å². The Morgan fingerprint density at radius 2 is 2.10 bits per heavy atom. The molecule has 1 fully saturated rings. The number of nitrogens with two attached hydrogens (primary N) is 1. The Kier molecular flexibility index (Phi) is 6.73. The van der Waals surface area contributed by atoms with E-state index in [2.05, 4.69) is 53.7 Å². The molecule has 1 saturated heterocycles. The Labute approximate surface area is 142 Å². The van der Waals surface area contributed by atoms with Gasteiger partial charge in [-0.05, 0) is 78.7 Å². The minimum absolute atomic E-state index is 0.228. The normalized spacial score (nSPS) is 24.0. The minimum atomic E-state index is 0.228. The molecule has 0 bridgehead atoms. The molecule has 1 aromatic rings. The smallest absolute Gasteiger partial charge is 0.0702 e. The maximum atomic E-state index is 6.48. The number of likely N-dealkylation sites (tertiary alicyclic amines) is 1. The van der Waals surface area contributed by atoms with Gasteiger partial charge in [0.15, 0.2) is 0 Å². The molecule has 0 amide bonds. The van der Waals surface area contributed by atoms with Gasteiger partial charge in [-0.3, -0.25) is 4.90 Å². The number of halogens is 1. The van der Waals surface area contributed by atoms with Crippen LogP contribution in [0.25, 0.3) is 0 Å². The van der Waals surface area contributed by atoms with Crippen LogP contribution in [0.2, 0.25) is 0 Å². The van der Waals surface area contributed by atoms with E-state index in [4.69, 9.17) is 5.73 Å². The highest BCUT2D eigenvalue weighted by atomic mass is 79.9. The molecule has 120 valence electrons. The molecule has 0 aliphatic carbocycles. The first kappa shape index (κ1) is 17.5. The number of nitrogens with zero attached hydrogens (tertiary/aromatic N) is 1. The monoisotopic (exact) mass is 372 g/mol. The van der Waals surface area contributed by atoms with Crippen LogP contribution in [-0.4, -0.2) is 24.0 Å². The fraction of sp³-hybridized carbons (Fsp3) is 0.765. The summed E-state index contributed by atoms with van der Waals surface area (Å²) in [6.07, 6.45) is 5.03. The summed E-state index contributed by atoms with van der Waals surface area (Å²) >= 11 is 5.44. The molecule has 3 unspecified atom stereocenters. The molecule has 2 N–H and O–H groups in total. The minimum Gasteiger partial charge on any atom is -0.326 e. The van der Waals surface area contributed by atoms with E-state index in [0.717, 1.165) is 18.3 Å². The molecule has 1 aliphatic rings. The van der Waals surface area contributed by atoms with E-state index in [9.17, 15) is 0 Å². The van der Waals surface area contributed by atoms with Crippen LogP contribution in [0.1, 0.15) is 57.4 Å². The van der Waals surface area contributed by atoms with Gasteiger partial charge >= 0.3 is 0 Å². The molecule has 0 aromatic carbocycles. The summed E-state index contributed by atoms with van der Waals surface area (Å²) in [6, 6.07) is 5.02. The fourth-order valence-corrected chi connectivity index (χ4v) is 5.10. The topological polar surface area (TPSA) is 29.3 Å². The van der Waals surface area contributed by atoms with E-state index in [1.54, 1.807) is 0 Å². The van der Waals surface area contributed by atoms with Gasteiger partial charge in [0.05, 0.1) is 9.83 Å². The quantitative estimate of drug-likeness (QED) is 0.783. The van der Waals surface area contributed by atoms with Crippen molar-refractivity contribution in [1.82, 2.24) is 4.90 Å². The second-order valence-electron chi connectivity index (χ2n) is 6.63. The van der Waals surface area contributed by atoms with Crippen molar-refractivity contribution in [3.05, 3.63) is 20.8 Å². The molecule has 0 spiro atoms. The predicted octanol–water partition coefficient (Wildman–Crippen LogP) is 5.05. The third-order valence-electron chi connectivity index (χ3n) is 4.91. The summed E-state index contributed by atoms with van der Waals surface area (Å²) < 4.78 is 1.21. The van der Waals surface area contributed by atoms with Crippen LogP contribution in [0.4, 0.5) is 0 Å². The zero-order valence-electron chi connectivity index (χ0n) is 13.5. The van der Waals surface area contributed by atoms with Crippen LogP contribution < -0.4 is 5.73 Å². The van der Waals surface area contributed by atoms with Crippen molar-refractivity contribution in [3.8, 4) is 0 Å². The van der Waals surface area contributed by atoms with Crippen molar-refractivity contribution in [2.75, 3.05) is 13.1 Å². The van der Waals surface area contributed by atoms with Gasteiger partial charge in [0.2, 0.25) is 0 Å². The van der Waals surface area contributed by atoms with Crippen LogP contribution >= 0.6 is 27.3 Å². The van der Waals surface area contributed by atoms with Gasteiger partial charge in [-0.1, -0.05) is 20.8 Å². The Morgan fingerprint density at radius 3 is 2.67 bits per heavy atom. The Morgan fingerprint density at radius 1 is 1.33 bits per heavy atom. The lowest BCUT2D eigenvalue weighted by molar-refractivity contribution is 0.174. The van der Waals surface area contributed by atoms with E-state index < -0.39 is 0 Å². The largest absolute Gasteiger partial charge is 0.326 e. The summed E-state index contributed by atoms with van der Waals surface area (Å²) in [5.41, 5.74) is 6.48. The second kappa shape index (κ2) is 8.09. The van der Waals surface area contributed by atoms with Crippen molar-refractivity contribution in [1.29, 1.82) is 0 Å². The predicted molar refractivity (Wildman–Crippen MR) is 96.8 cm³/mol. The standard InChI is InChI=1S/C17H29BrN2S/c1-4-14(19)17(15-7-8-16(18)21-15)20-10-5-6-13(9-11-20)12(2)3/h7-8,12-14,17H,4-6,9-11,19H2,1-3H3. The third kappa shape index (κ3) is 4.54. The van der Waals surface area contributed by atoms with Crippen LogP contribution in [-0.2, 0) is 0 Å². The summed E-state index contributed by atoms with van der Waals surface area (Å²) in [5, 5.41) is 0. The van der Waals surface area contributed by atoms with E-state index in [1.165, 1.54) is 41.0 Å². The number of hydrogen-bond acceptors (Lipinski definition) is 3. The van der Waals surface area contributed by atoms with E-state index in [0.29, 0.717) is 6.04 Å². The van der Waals surface area contributed by atoms with Crippen molar-refractivity contribution in [2.45, 2.75) is 58.5 Å². The molecule has 1 aromatic heterocycles. The van der Waals surface area contributed by atoms with Gasteiger partial charge in [-0.2, -0.15) is 0 Å². The summed E-state index contributed by atoms with van der Waals surface area (Å²) in [4.78, 5) is 4.06. The summed E-state index contributed by atoms with van der Waals surface area (Å²) in [7, 11) is 0. The van der Waals surface area contributed by atoms with Crippen molar-refractivity contribution >= 4 is 27.3 Å². The molecule has 0 saturated carbocycles. The van der Waals surface area contributed by atoms with Gasteiger partial charge in [0.25, 0.3) is 0 Å². The number of rotatable bonds is 5. The second-order valence-corrected chi connectivity index (χ2v) is 9.12. The molecule has 2 rings (SSSR count). The third-order valence-corrected chi connectivity index (χ3v) is 6.60. The first-order valence-electron chi connectivity index (χ1n) is 8.27. The van der Waals surface area contributed by atoms with E-state index in [1.807, 2.05) is 11.3 Å². The van der Waals surface area contributed by atoms with Crippen LogP contribution in [0.15, 0.2) is 15.9 Å². The van der Waals surface area contributed by atoms with Gasteiger partial charge in [-0.25, -0.2) is 0 Å². The van der Waals surface area contributed by atoms with Crippen molar-refractivity contribution in [3.63, 3.8) is 0 Å². The molecule has 0 radical (unpaired) electrons. The summed E-state index contributed by atoms with van der Waals surface area (Å²) in [5.74, 6) is 1.68. The van der Waals surface area contributed by atoms with Gasteiger partial charge in [-0.15, -0.1) is 11.3 Å². The molecule has 2 nitrogen and oxygen atoms in total. The summed E-state index contributed by atoms with van der Waals surface area (Å²) in [6.45, 7) is 9.32. The van der Waals surface area contributed by atoms with E-state index in [-0.39, 0.29) is 6.04 Å². The molecule has 1 aliphatic heterocycles. The van der Waals surface area contributed by atoms with Gasteiger partial charge in [0.1, 0.15) is 0 Å². The maximum absolute atomic E-state index is 6.48. The number of hydrogen-bond donors (Lipinski definition) is 1. The molecule has 3 atom stereocenters. The lowest BCUT2D eigenvalue weighted by Crippen LogP contribution is -2.41. The fourth-order valence-electron chi connectivity index (χ4n) is 3.46. The lowest BCUT2D eigenvalue weighted by atomic mass is 9.89.